The summed E-state index contributed by atoms with van der Waals surface area (Å²) in [6.07, 6.45) is 0. The van der Waals surface area contributed by atoms with E-state index >= 15 is 0 Å². The van der Waals surface area contributed by atoms with Crippen molar-refractivity contribution in [3.05, 3.63) is 12.1 Å². The van der Waals surface area contributed by atoms with Crippen LogP contribution in [0.5, 0.6) is 23.0 Å². The number of rotatable bonds is 4. The minimum atomic E-state index is -5.25. The van der Waals surface area contributed by atoms with Crippen molar-refractivity contribution in [2.45, 2.75) is 29.4 Å². The summed E-state index contributed by atoms with van der Waals surface area (Å²) in [4.78, 5) is -5.52. The van der Waals surface area contributed by atoms with Crippen molar-refractivity contribution >= 4 is 41.8 Å². The first-order valence-corrected chi connectivity index (χ1v) is 12.6. The number of hydrogen-bond acceptors (Lipinski definition) is 11. The van der Waals surface area contributed by atoms with Crippen molar-refractivity contribution in [1.82, 2.24) is 0 Å². The summed E-state index contributed by atoms with van der Waals surface area (Å²) < 4.78 is 102. The van der Waals surface area contributed by atoms with Gasteiger partial charge in [0.25, 0.3) is 20.2 Å². The molecule has 1 heterocycles. The maximum atomic E-state index is 13.2. The van der Waals surface area contributed by atoms with Crippen molar-refractivity contribution in [3.8, 4) is 23.0 Å². The summed E-state index contributed by atoms with van der Waals surface area (Å²) in [6.45, 7) is 0. The van der Waals surface area contributed by atoms with Gasteiger partial charge in [-0.15, -0.1) is 0 Å². The molecule has 0 spiro atoms. The van der Waals surface area contributed by atoms with Gasteiger partial charge in [-0.3, -0.25) is 9.11 Å². The lowest BCUT2D eigenvalue weighted by Gasteiger charge is -2.24. The fourth-order valence-corrected chi connectivity index (χ4v) is 8.42. The summed E-state index contributed by atoms with van der Waals surface area (Å²) in [7, 11) is -13.2. The Bertz CT molecular complexity index is 1300. The molecule has 16 heteroatoms. The molecule has 0 aliphatic carbocycles. The molecular formula is C14H12O12S4. The van der Waals surface area contributed by atoms with Crippen LogP contribution in [0.25, 0.3) is 0 Å². The first kappa shape index (κ1) is 22.4. The zero-order valence-electron chi connectivity index (χ0n) is 14.8. The molecule has 164 valence electrons. The van der Waals surface area contributed by atoms with Gasteiger partial charge in [0.2, 0.25) is 9.84 Å². The molecule has 4 N–H and O–H groups in total. The number of hydrogen-bond donors (Lipinski definition) is 4. The maximum Gasteiger partial charge on any atom is 0.299 e. The molecule has 1 aliphatic heterocycles. The van der Waals surface area contributed by atoms with Crippen molar-refractivity contribution in [1.29, 1.82) is 0 Å². The standard InChI is InChI=1S/C14H12O12S4/c1-25-5-3-7-11(13(9(5)15)29(19,20)21)27-12-8(28(7,17)18)4-6(26-2)10(16)14(12)30(22,23)24/h3-4,15-16H,1-2H3,(H,19,20,21)(H,22,23,24). The van der Waals surface area contributed by atoms with Crippen LogP contribution in [-0.2, 0) is 30.1 Å². The molecule has 0 amide bonds. The van der Waals surface area contributed by atoms with Gasteiger partial charge in [0.1, 0.15) is 0 Å². The lowest BCUT2D eigenvalue weighted by atomic mass is 10.3. The summed E-state index contributed by atoms with van der Waals surface area (Å²) >= 11 is 0.170. The van der Waals surface area contributed by atoms with Crippen LogP contribution in [0.3, 0.4) is 0 Å². The van der Waals surface area contributed by atoms with Crippen molar-refractivity contribution < 1.29 is 54.0 Å². The fraction of sp³-hybridized carbons (Fsp3) is 0.143. The zero-order valence-corrected chi connectivity index (χ0v) is 18.1. The molecule has 0 radical (unpaired) electrons. The summed E-state index contributed by atoms with van der Waals surface area (Å²) in [5.74, 6) is -3.46. The lowest BCUT2D eigenvalue weighted by molar-refractivity contribution is 0.358. The highest BCUT2D eigenvalue weighted by atomic mass is 32.2. The largest absolute Gasteiger partial charge is 0.503 e. The maximum absolute atomic E-state index is 13.2. The van der Waals surface area contributed by atoms with Crippen molar-refractivity contribution in [2.75, 3.05) is 14.2 Å². The van der Waals surface area contributed by atoms with E-state index in [4.69, 9.17) is 9.47 Å². The van der Waals surface area contributed by atoms with Crippen LogP contribution in [0.1, 0.15) is 0 Å². The van der Waals surface area contributed by atoms with Gasteiger partial charge >= 0.3 is 0 Å². The highest BCUT2D eigenvalue weighted by Crippen LogP contribution is 2.56. The van der Waals surface area contributed by atoms with E-state index in [1.807, 2.05) is 0 Å². The van der Waals surface area contributed by atoms with E-state index in [0.717, 1.165) is 26.4 Å². The number of ether oxygens (including phenoxy) is 2. The molecule has 30 heavy (non-hydrogen) atoms. The van der Waals surface area contributed by atoms with Gasteiger partial charge in [-0.2, -0.15) is 16.8 Å². The van der Waals surface area contributed by atoms with E-state index in [1.165, 1.54) is 0 Å². The van der Waals surface area contributed by atoms with Crippen molar-refractivity contribution in [2.24, 2.45) is 0 Å². The molecule has 0 aromatic heterocycles. The highest BCUT2D eigenvalue weighted by molar-refractivity contribution is 8.03. The predicted octanol–water partition coefficient (Wildman–Crippen LogP) is 0.906. The number of aromatic hydroxyl groups is 2. The van der Waals surface area contributed by atoms with Crippen LogP contribution in [0.4, 0.5) is 0 Å². The lowest BCUT2D eigenvalue weighted by Crippen LogP contribution is -2.16. The van der Waals surface area contributed by atoms with Crippen LogP contribution < -0.4 is 9.47 Å². The molecule has 3 rings (SSSR count). The second-order valence-corrected chi connectivity index (χ2v) is 11.3. The third-order valence-electron chi connectivity index (χ3n) is 4.02. The van der Waals surface area contributed by atoms with E-state index < -0.39 is 82.4 Å². The number of phenolic OH excluding ortho intramolecular Hbond substituents is 2. The second kappa shape index (κ2) is 6.89. The Balaban J connectivity index is 2.59. The average Bonchev–Trinajstić information content (AvgIpc) is 2.58. The number of sulfone groups is 1. The Kier molecular flexibility index (Phi) is 5.16. The number of methoxy groups -OCH3 is 2. The van der Waals surface area contributed by atoms with Gasteiger partial charge in [0.05, 0.1) is 33.8 Å². The van der Waals surface area contributed by atoms with Crippen LogP contribution in [0.2, 0.25) is 0 Å². The molecule has 0 saturated heterocycles. The average molecular weight is 501 g/mol. The zero-order chi connectivity index (χ0) is 22.8. The molecule has 12 nitrogen and oxygen atoms in total. The molecule has 1 aliphatic rings. The van der Waals surface area contributed by atoms with E-state index in [2.05, 4.69) is 0 Å². The minimum Gasteiger partial charge on any atom is -0.503 e. The van der Waals surface area contributed by atoms with Crippen LogP contribution >= 0.6 is 11.8 Å². The van der Waals surface area contributed by atoms with Gasteiger partial charge in [0.15, 0.2) is 32.8 Å². The monoisotopic (exact) mass is 500 g/mol. The molecule has 0 atom stereocenters. The Hall–Kier alpha value is -2.24. The second-order valence-electron chi connectivity index (χ2n) is 5.72. The van der Waals surface area contributed by atoms with Crippen molar-refractivity contribution in [3.63, 3.8) is 0 Å². The number of fused-ring (bicyclic) bond motifs is 2. The summed E-state index contributed by atoms with van der Waals surface area (Å²) in [5.41, 5.74) is 0. The van der Waals surface area contributed by atoms with E-state index in [9.17, 15) is 44.6 Å². The van der Waals surface area contributed by atoms with Gasteiger partial charge < -0.3 is 19.7 Å². The van der Waals surface area contributed by atoms with E-state index in [1.54, 1.807) is 0 Å². The Morgan fingerprint density at radius 2 is 1.13 bits per heavy atom. The van der Waals surface area contributed by atoms with Gasteiger partial charge in [0, 0.05) is 12.1 Å². The van der Waals surface area contributed by atoms with Crippen LogP contribution in [0.15, 0.2) is 41.5 Å². The molecule has 0 saturated carbocycles. The normalized spacial score (nSPS) is 15.2. The Labute approximate surface area is 174 Å². The third-order valence-corrected chi connectivity index (χ3v) is 9.42. The molecule has 0 unspecified atom stereocenters. The van der Waals surface area contributed by atoms with Crippen LogP contribution in [-0.4, -0.2) is 58.8 Å². The topological polar surface area (TPSA) is 202 Å². The molecule has 0 fully saturated rings. The SMILES string of the molecule is COc1cc2c(c(S(=O)(=O)O)c1O)Sc1c(cc(OC)c(O)c1S(=O)(=O)O)S2(=O)=O. The molecule has 2 aromatic carbocycles. The van der Waals surface area contributed by atoms with Gasteiger partial charge in [-0.25, -0.2) is 8.42 Å². The first-order valence-electron chi connectivity index (χ1n) is 7.42. The fourth-order valence-electron chi connectivity index (χ4n) is 2.77. The smallest absolute Gasteiger partial charge is 0.299 e. The number of phenols is 2. The van der Waals surface area contributed by atoms with Gasteiger partial charge in [-0.05, 0) is 0 Å². The van der Waals surface area contributed by atoms with E-state index in [-0.39, 0.29) is 11.8 Å². The molecule has 0 bridgehead atoms. The Morgan fingerprint density at radius 3 is 1.40 bits per heavy atom. The summed E-state index contributed by atoms with van der Waals surface area (Å²) in [5, 5.41) is 20.3. The first-order chi connectivity index (χ1) is 13.7. The van der Waals surface area contributed by atoms with Crippen LogP contribution in [0, 0.1) is 0 Å². The Morgan fingerprint density at radius 1 is 0.800 bits per heavy atom. The molecule has 2 aromatic rings. The number of benzene rings is 2. The quantitative estimate of drug-likeness (QED) is 0.368. The minimum absolute atomic E-state index is 0.170. The molecular weight excluding hydrogens is 488 g/mol. The third kappa shape index (κ3) is 3.25. The summed E-state index contributed by atoms with van der Waals surface area (Å²) in [6, 6.07) is 1.55. The highest BCUT2D eigenvalue weighted by Gasteiger charge is 2.42. The van der Waals surface area contributed by atoms with E-state index in [0.29, 0.717) is 0 Å². The predicted molar refractivity (Wildman–Crippen MR) is 98.5 cm³/mol. The van der Waals surface area contributed by atoms with Gasteiger partial charge in [-0.1, -0.05) is 11.8 Å².